The summed E-state index contributed by atoms with van der Waals surface area (Å²) in [6.45, 7) is 2.18. The van der Waals surface area contributed by atoms with Gasteiger partial charge in [0.05, 0.1) is 10.5 Å². The second-order valence-corrected chi connectivity index (χ2v) is 8.51. The van der Waals surface area contributed by atoms with E-state index in [-0.39, 0.29) is 11.3 Å². The third-order valence-corrected chi connectivity index (χ3v) is 6.57. The van der Waals surface area contributed by atoms with Gasteiger partial charge >= 0.3 is 0 Å². The summed E-state index contributed by atoms with van der Waals surface area (Å²) in [5, 5.41) is 14.3. The molecule has 1 aliphatic carbocycles. The summed E-state index contributed by atoms with van der Waals surface area (Å²) in [4.78, 5) is 36.5. The molecule has 29 heavy (non-hydrogen) atoms. The molecule has 3 N–H and O–H groups in total. The molecule has 1 unspecified atom stereocenters. The van der Waals surface area contributed by atoms with Gasteiger partial charge in [0.2, 0.25) is 0 Å². The van der Waals surface area contributed by atoms with Crippen LogP contribution in [0.5, 0.6) is 0 Å². The standard InChI is InChI=1S/C21H25N3O4S/c1-2-3-4-7-13-10-11-15-17(12-13)29-21(18(15)19(22)25)23-20(26)14-8-5-6-9-16(14)24(27)28/h5-6,8-9,13H,2-4,7,10-12H2,1H3,(H2,22,25)(H,23,26). The number of amides is 2. The second kappa shape index (κ2) is 9.17. The number of hydrogen-bond acceptors (Lipinski definition) is 5. The molecule has 2 amide bonds. The first-order valence-corrected chi connectivity index (χ1v) is 10.7. The predicted molar refractivity (Wildman–Crippen MR) is 114 cm³/mol. The molecule has 0 aliphatic heterocycles. The Kier molecular flexibility index (Phi) is 6.64. The van der Waals surface area contributed by atoms with E-state index in [0.29, 0.717) is 16.5 Å². The summed E-state index contributed by atoms with van der Waals surface area (Å²) in [6, 6.07) is 5.75. The quantitative estimate of drug-likeness (QED) is 0.369. The Labute approximate surface area is 173 Å². The van der Waals surface area contributed by atoms with Gasteiger partial charge in [0, 0.05) is 10.9 Å². The Bertz CT molecular complexity index is 938. The van der Waals surface area contributed by atoms with Crippen LogP contribution in [0.3, 0.4) is 0 Å². The van der Waals surface area contributed by atoms with E-state index in [4.69, 9.17) is 5.73 Å². The van der Waals surface area contributed by atoms with Crippen LogP contribution in [0.1, 0.15) is 70.2 Å². The maximum absolute atomic E-state index is 12.7. The number of primary amides is 1. The molecule has 154 valence electrons. The molecule has 2 aromatic rings. The van der Waals surface area contributed by atoms with Crippen LogP contribution >= 0.6 is 11.3 Å². The van der Waals surface area contributed by atoms with Crippen LogP contribution < -0.4 is 11.1 Å². The van der Waals surface area contributed by atoms with Crippen molar-refractivity contribution >= 4 is 33.8 Å². The Balaban J connectivity index is 1.85. The zero-order valence-electron chi connectivity index (χ0n) is 16.4. The fourth-order valence-electron chi connectivity index (χ4n) is 3.93. The van der Waals surface area contributed by atoms with Crippen molar-refractivity contribution in [3.8, 4) is 0 Å². The zero-order chi connectivity index (χ0) is 21.0. The molecule has 0 spiro atoms. The van der Waals surface area contributed by atoms with Crippen molar-refractivity contribution in [1.29, 1.82) is 0 Å². The average molecular weight is 416 g/mol. The molecule has 0 bridgehead atoms. The average Bonchev–Trinajstić information content (AvgIpc) is 3.05. The lowest BCUT2D eigenvalue weighted by atomic mass is 9.84. The van der Waals surface area contributed by atoms with Crippen LogP contribution in [-0.4, -0.2) is 16.7 Å². The van der Waals surface area contributed by atoms with Gasteiger partial charge in [-0.1, -0.05) is 44.7 Å². The van der Waals surface area contributed by atoms with E-state index in [1.165, 1.54) is 48.8 Å². The largest absolute Gasteiger partial charge is 0.365 e. The van der Waals surface area contributed by atoms with Crippen LogP contribution in [0.25, 0.3) is 0 Å². The molecule has 0 saturated carbocycles. The van der Waals surface area contributed by atoms with E-state index >= 15 is 0 Å². The number of fused-ring (bicyclic) bond motifs is 1. The lowest BCUT2D eigenvalue weighted by molar-refractivity contribution is -0.385. The van der Waals surface area contributed by atoms with E-state index in [2.05, 4.69) is 12.2 Å². The van der Waals surface area contributed by atoms with Gasteiger partial charge in [-0.25, -0.2) is 0 Å². The first-order chi connectivity index (χ1) is 13.9. The first kappa shape index (κ1) is 21.0. The molecule has 1 atom stereocenters. The Hall–Kier alpha value is -2.74. The minimum absolute atomic E-state index is 0.0447. The molecule has 0 fully saturated rings. The topological polar surface area (TPSA) is 115 Å². The third kappa shape index (κ3) is 4.64. The van der Waals surface area contributed by atoms with E-state index < -0.39 is 16.7 Å². The molecule has 0 saturated heterocycles. The molecule has 8 heteroatoms. The molecule has 1 heterocycles. The lowest BCUT2D eigenvalue weighted by Crippen LogP contribution is -2.20. The van der Waals surface area contributed by atoms with E-state index in [1.807, 2.05) is 0 Å². The van der Waals surface area contributed by atoms with Crippen molar-refractivity contribution in [2.45, 2.75) is 51.9 Å². The first-order valence-electron chi connectivity index (χ1n) is 9.91. The van der Waals surface area contributed by atoms with Gasteiger partial charge in [-0.15, -0.1) is 11.3 Å². The molecule has 1 aromatic carbocycles. The number of nitrogens with one attached hydrogen (secondary N) is 1. The van der Waals surface area contributed by atoms with Gasteiger partial charge < -0.3 is 11.1 Å². The van der Waals surface area contributed by atoms with Crippen molar-refractivity contribution in [3.05, 3.63) is 55.9 Å². The number of nitro benzene ring substituents is 1. The molecule has 3 rings (SSSR count). The normalized spacial score (nSPS) is 15.6. The molecular weight excluding hydrogens is 390 g/mol. The maximum Gasteiger partial charge on any atom is 0.282 e. The number of rotatable bonds is 8. The molecule has 7 nitrogen and oxygen atoms in total. The number of nitrogens with two attached hydrogens (primary N) is 1. The number of thiophene rings is 1. The molecule has 1 aliphatic rings. The highest BCUT2D eigenvalue weighted by molar-refractivity contribution is 7.17. The van der Waals surface area contributed by atoms with Crippen molar-refractivity contribution < 1.29 is 14.5 Å². The lowest BCUT2D eigenvalue weighted by Gasteiger charge is -2.22. The highest BCUT2D eigenvalue weighted by Crippen LogP contribution is 2.41. The molecular formula is C21H25N3O4S. The van der Waals surface area contributed by atoms with Gasteiger partial charge in [0.15, 0.2) is 0 Å². The van der Waals surface area contributed by atoms with Crippen LogP contribution in [0, 0.1) is 16.0 Å². The van der Waals surface area contributed by atoms with Crippen molar-refractivity contribution in [2.75, 3.05) is 5.32 Å². The summed E-state index contributed by atoms with van der Waals surface area (Å²) in [7, 11) is 0. The monoisotopic (exact) mass is 415 g/mol. The van der Waals surface area contributed by atoms with E-state index in [0.717, 1.165) is 36.1 Å². The number of hydrogen-bond donors (Lipinski definition) is 2. The smallest absolute Gasteiger partial charge is 0.282 e. The Morgan fingerprint density at radius 2 is 2.07 bits per heavy atom. The van der Waals surface area contributed by atoms with Crippen molar-refractivity contribution in [3.63, 3.8) is 0 Å². The number of para-hydroxylation sites is 1. The molecule has 1 aromatic heterocycles. The van der Waals surface area contributed by atoms with Crippen molar-refractivity contribution in [2.24, 2.45) is 11.7 Å². The number of benzene rings is 1. The number of nitro groups is 1. The Morgan fingerprint density at radius 3 is 2.76 bits per heavy atom. The van der Waals surface area contributed by atoms with Gasteiger partial charge in [-0.05, 0) is 36.8 Å². The van der Waals surface area contributed by atoms with Gasteiger partial charge in [0.25, 0.3) is 17.5 Å². The summed E-state index contributed by atoms with van der Waals surface area (Å²) >= 11 is 1.37. The number of nitrogens with zero attached hydrogens (tertiary/aromatic N) is 1. The zero-order valence-corrected chi connectivity index (χ0v) is 17.2. The highest BCUT2D eigenvalue weighted by Gasteiger charge is 2.29. The summed E-state index contributed by atoms with van der Waals surface area (Å²) < 4.78 is 0. The van der Waals surface area contributed by atoms with Crippen LogP contribution in [0.4, 0.5) is 10.7 Å². The van der Waals surface area contributed by atoms with Crippen molar-refractivity contribution in [1.82, 2.24) is 0 Å². The fraction of sp³-hybridized carbons (Fsp3) is 0.429. The number of carbonyl (C=O) groups excluding carboxylic acids is 2. The number of unbranched alkanes of at least 4 members (excludes halogenated alkanes) is 2. The summed E-state index contributed by atoms with van der Waals surface area (Å²) in [5.74, 6) is -0.616. The number of anilines is 1. The van der Waals surface area contributed by atoms with Gasteiger partial charge in [-0.3, -0.25) is 19.7 Å². The minimum Gasteiger partial charge on any atom is -0.365 e. The summed E-state index contributed by atoms with van der Waals surface area (Å²) in [6.07, 6.45) is 7.42. The minimum atomic E-state index is -0.613. The predicted octanol–water partition coefficient (Wildman–Crippen LogP) is 4.69. The second-order valence-electron chi connectivity index (χ2n) is 7.41. The van der Waals surface area contributed by atoms with E-state index in [1.54, 1.807) is 6.07 Å². The van der Waals surface area contributed by atoms with Gasteiger partial charge in [0.1, 0.15) is 10.6 Å². The molecule has 0 radical (unpaired) electrons. The van der Waals surface area contributed by atoms with Gasteiger partial charge in [-0.2, -0.15) is 0 Å². The Morgan fingerprint density at radius 1 is 1.31 bits per heavy atom. The summed E-state index contributed by atoms with van der Waals surface area (Å²) in [5.41, 5.74) is 6.57. The van der Waals surface area contributed by atoms with Crippen LogP contribution in [0.2, 0.25) is 0 Å². The fourth-order valence-corrected chi connectivity index (χ4v) is 5.29. The number of carbonyl (C=O) groups is 2. The maximum atomic E-state index is 12.7. The SMILES string of the molecule is CCCCCC1CCc2c(sc(NC(=O)c3ccccc3[N+](=O)[O-])c2C(N)=O)C1. The third-order valence-electron chi connectivity index (χ3n) is 5.40. The highest BCUT2D eigenvalue weighted by atomic mass is 32.1. The van der Waals surface area contributed by atoms with Crippen LogP contribution in [-0.2, 0) is 12.8 Å². The van der Waals surface area contributed by atoms with Crippen LogP contribution in [0.15, 0.2) is 24.3 Å². The van der Waals surface area contributed by atoms with E-state index in [9.17, 15) is 19.7 Å².